The fourth-order valence-electron chi connectivity index (χ4n) is 5.92. The summed E-state index contributed by atoms with van der Waals surface area (Å²) < 4.78 is 10.6. The minimum Gasteiger partial charge on any atom is -0.462 e. The topological polar surface area (TPSA) is 72.8 Å². The fraction of sp³-hybridized carbons (Fsp3) is 0.818. The van der Waals surface area contributed by atoms with Crippen molar-refractivity contribution < 1.29 is 24.2 Å². The summed E-state index contributed by atoms with van der Waals surface area (Å²) in [6, 6.07) is 0. The molecule has 1 atom stereocenters. The molecule has 0 heterocycles. The Morgan fingerprint density at radius 1 is 0.449 bits per heavy atom. The summed E-state index contributed by atoms with van der Waals surface area (Å²) in [5.74, 6) is -0.648. The Hall–Kier alpha value is -1.88. The number of unbranched alkanes of at least 4 members (excludes halogenated alkanes) is 24. The first-order valence-electron chi connectivity index (χ1n) is 21.0. The quantitative estimate of drug-likeness (QED) is 0.0397. The van der Waals surface area contributed by atoms with E-state index in [0.717, 1.165) is 44.9 Å². The molecule has 0 aromatic rings. The van der Waals surface area contributed by atoms with Crippen LogP contribution in [0.3, 0.4) is 0 Å². The zero-order valence-corrected chi connectivity index (χ0v) is 32.5. The fourth-order valence-corrected chi connectivity index (χ4v) is 5.92. The third kappa shape index (κ3) is 38.8. The maximum Gasteiger partial charge on any atom is 0.306 e. The van der Waals surface area contributed by atoms with Crippen LogP contribution in [0, 0.1) is 0 Å². The third-order valence-corrected chi connectivity index (χ3v) is 9.13. The zero-order chi connectivity index (χ0) is 35.7. The second-order valence-electron chi connectivity index (χ2n) is 14.0. The molecule has 0 rings (SSSR count). The molecule has 0 saturated heterocycles. The van der Waals surface area contributed by atoms with Crippen LogP contribution in [-0.2, 0) is 19.1 Å². The molecule has 0 aliphatic rings. The highest BCUT2D eigenvalue weighted by molar-refractivity contribution is 5.70. The Bertz CT molecular complexity index is 786. The summed E-state index contributed by atoms with van der Waals surface area (Å²) in [6.07, 6.45) is 49.4. The summed E-state index contributed by atoms with van der Waals surface area (Å²) >= 11 is 0. The van der Waals surface area contributed by atoms with Gasteiger partial charge in [-0.3, -0.25) is 9.59 Å². The van der Waals surface area contributed by atoms with Crippen LogP contribution in [0.4, 0.5) is 0 Å². The molecule has 1 N–H and O–H groups in total. The van der Waals surface area contributed by atoms with Crippen molar-refractivity contribution in [1.29, 1.82) is 0 Å². The van der Waals surface area contributed by atoms with E-state index >= 15 is 0 Å². The molecule has 0 aromatic heterocycles. The average Bonchev–Trinajstić information content (AvgIpc) is 3.10. The number of aliphatic hydroxyl groups excluding tert-OH is 1. The monoisotopic (exact) mass is 689 g/mol. The average molecular weight is 689 g/mol. The van der Waals surface area contributed by atoms with Gasteiger partial charge in [-0.15, -0.1) is 0 Å². The number of allylic oxidation sites excluding steroid dienone is 6. The Morgan fingerprint density at radius 3 is 1.27 bits per heavy atom. The van der Waals surface area contributed by atoms with Gasteiger partial charge < -0.3 is 14.6 Å². The van der Waals surface area contributed by atoms with Crippen molar-refractivity contribution in [3.05, 3.63) is 36.5 Å². The molecule has 0 unspecified atom stereocenters. The van der Waals surface area contributed by atoms with Crippen molar-refractivity contribution in [1.82, 2.24) is 0 Å². The van der Waals surface area contributed by atoms with Gasteiger partial charge in [-0.25, -0.2) is 0 Å². The van der Waals surface area contributed by atoms with Crippen LogP contribution < -0.4 is 0 Å². The second-order valence-corrected chi connectivity index (χ2v) is 14.0. The van der Waals surface area contributed by atoms with E-state index in [-0.39, 0.29) is 25.2 Å². The lowest BCUT2D eigenvalue weighted by Gasteiger charge is -2.15. The number of carbonyl (C=O) groups is 2. The normalized spacial score (nSPS) is 12.5. The van der Waals surface area contributed by atoms with Gasteiger partial charge in [0, 0.05) is 12.8 Å². The van der Waals surface area contributed by atoms with E-state index in [4.69, 9.17) is 9.47 Å². The van der Waals surface area contributed by atoms with Gasteiger partial charge in [-0.1, -0.05) is 166 Å². The lowest BCUT2D eigenvalue weighted by atomic mass is 10.0. The van der Waals surface area contributed by atoms with E-state index in [9.17, 15) is 14.7 Å². The number of hydrogen-bond donors (Lipinski definition) is 1. The molecule has 0 aliphatic heterocycles. The number of hydrogen-bond acceptors (Lipinski definition) is 5. The predicted octanol–water partition coefficient (Wildman–Crippen LogP) is 13.2. The molecule has 0 fully saturated rings. The Morgan fingerprint density at radius 2 is 0.796 bits per heavy atom. The summed E-state index contributed by atoms with van der Waals surface area (Å²) in [5, 5.41) is 9.54. The minimum absolute atomic E-state index is 0.0848. The van der Waals surface area contributed by atoms with Gasteiger partial charge in [0.15, 0.2) is 6.10 Å². The summed E-state index contributed by atoms with van der Waals surface area (Å²) in [5.41, 5.74) is 0. The highest BCUT2D eigenvalue weighted by Gasteiger charge is 2.16. The first-order chi connectivity index (χ1) is 24.1. The molecule has 5 heteroatoms. The maximum atomic E-state index is 12.2. The maximum absolute atomic E-state index is 12.2. The molecule has 0 aliphatic carbocycles. The number of ether oxygens (including phenoxy) is 2. The van der Waals surface area contributed by atoms with Gasteiger partial charge in [0.1, 0.15) is 6.61 Å². The van der Waals surface area contributed by atoms with Gasteiger partial charge in [-0.05, 0) is 70.6 Å². The number of carbonyl (C=O) groups excluding carboxylic acids is 2. The van der Waals surface area contributed by atoms with E-state index in [1.54, 1.807) is 0 Å². The van der Waals surface area contributed by atoms with Crippen LogP contribution in [0.25, 0.3) is 0 Å². The van der Waals surface area contributed by atoms with Crippen molar-refractivity contribution in [3.63, 3.8) is 0 Å². The zero-order valence-electron chi connectivity index (χ0n) is 32.5. The van der Waals surface area contributed by atoms with Gasteiger partial charge in [0.2, 0.25) is 0 Å². The van der Waals surface area contributed by atoms with E-state index in [1.807, 2.05) is 0 Å². The highest BCUT2D eigenvalue weighted by atomic mass is 16.6. The number of aliphatic hydroxyl groups is 1. The molecule has 0 aromatic carbocycles. The molecular formula is C44H80O5. The summed E-state index contributed by atoms with van der Waals surface area (Å²) in [7, 11) is 0. The number of rotatable bonds is 38. The highest BCUT2D eigenvalue weighted by Crippen LogP contribution is 2.14. The van der Waals surface area contributed by atoms with E-state index < -0.39 is 6.10 Å². The van der Waals surface area contributed by atoms with Gasteiger partial charge in [-0.2, -0.15) is 0 Å². The summed E-state index contributed by atoms with van der Waals surface area (Å²) in [6.45, 7) is 4.08. The van der Waals surface area contributed by atoms with Crippen LogP contribution >= 0.6 is 0 Å². The standard InChI is InChI=1S/C44H80O5/c1-3-5-7-9-11-13-15-17-18-19-20-21-22-23-24-25-26-27-29-31-33-35-37-39-44(47)49-42(40-45)41-48-43(46)38-36-34-32-30-28-16-14-12-10-8-6-4-2/h12,14,25-26,31,33,42,45H,3-11,13,15-24,27-30,32,34-41H2,1-2H3/b14-12+,26-25+,33-31+/t42-/m0/s1. The smallest absolute Gasteiger partial charge is 0.306 e. The van der Waals surface area contributed by atoms with Crippen LogP contribution in [0.5, 0.6) is 0 Å². The molecule has 0 radical (unpaired) electrons. The molecule has 49 heavy (non-hydrogen) atoms. The lowest BCUT2D eigenvalue weighted by molar-refractivity contribution is -0.161. The van der Waals surface area contributed by atoms with Crippen LogP contribution in [0.2, 0.25) is 0 Å². The third-order valence-electron chi connectivity index (χ3n) is 9.13. The molecular weight excluding hydrogens is 608 g/mol. The Balaban J connectivity index is 3.57. The number of esters is 2. The molecule has 0 amide bonds. The lowest BCUT2D eigenvalue weighted by Crippen LogP contribution is -2.28. The largest absolute Gasteiger partial charge is 0.462 e. The van der Waals surface area contributed by atoms with Gasteiger partial charge >= 0.3 is 11.9 Å². The van der Waals surface area contributed by atoms with E-state index in [2.05, 4.69) is 50.3 Å². The van der Waals surface area contributed by atoms with Crippen LogP contribution in [-0.4, -0.2) is 36.4 Å². The van der Waals surface area contributed by atoms with Crippen molar-refractivity contribution in [2.75, 3.05) is 13.2 Å². The first kappa shape index (κ1) is 47.1. The molecule has 0 bridgehead atoms. The van der Waals surface area contributed by atoms with Crippen molar-refractivity contribution >= 4 is 11.9 Å². The minimum atomic E-state index is -0.793. The summed E-state index contributed by atoms with van der Waals surface area (Å²) in [4.78, 5) is 24.2. The van der Waals surface area contributed by atoms with Crippen LogP contribution in [0.1, 0.15) is 213 Å². The van der Waals surface area contributed by atoms with Crippen molar-refractivity contribution in [3.8, 4) is 0 Å². The van der Waals surface area contributed by atoms with E-state index in [1.165, 1.54) is 135 Å². The van der Waals surface area contributed by atoms with Gasteiger partial charge in [0.05, 0.1) is 6.61 Å². The molecule has 286 valence electrons. The predicted molar refractivity (Wildman–Crippen MR) is 210 cm³/mol. The molecule has 0 spiro atoms. The SMILES string of the molecule is CCCCC/C=C/CCCCCCCC(=O)OC[C@H](CO)OC(=O)CCC/C=C/CC/C=C/CCCCCCCCCCCCCCCC. The first-order valence-corrected chi connectivity index (χ1v) is 21.0. The second kappa shape index (κ2) is 40.5. The molecule has 0 saturated carbocycles. The van der Waals surface area contributed by atoms with Gasteiger partial charge in [0.25, 0.3) is 0 Å². The molecule has 5 nitrogen and oxygen atoms in total. The van der Waals surface area contributed by atoms with Crippen molar-refractivity contribution in [2.45, 2.75) is 219 Å². The van der Waals surface area contributed by atoms with E-state index in [0.29, 0.717) is 19.3 Å². The van der Waals surface area contributed by atoms with Crippen LogP contribution in [0.15, 0.2) is 36.5 Å². The van der Waals surface area contributed by atoms with Crippen molar-refractivity contribution in [2.24, 2.45) is 0 Å². The Kier molecular flexibility index (Phi) is 39.0. The Labute approximate surface area is 304 Å².